The van der Waals surface area contributed by atoms with Gasteiger partial charge in [-0.05, 0) is 26.6 Å². The highest BCUT2D eigenvalue weighted by atomic mass is 16.2. The van der Waals surface area contributed by atoms with Crippen molar-refractivity contribution in [3.63, 3.8) is 0 Å². The van der Waals surface area contributed by atoms with E-state index in [1.54, 1.807) is 0 Å². The van der Waals surface area contributed by atoms with Crippen molar-refractivity contribution >= 4 is 11.8 Å². The first-order chi connectivity index (χ1) is 9.47. The van der Waals surface area contributed by atoms with Crippen molar-refractivity contribution in [1.29, 1.82) is 0 Å². The number of nitrogens with one attached hydrogen (secondary N) is 2. The highest BCUT2D eigenvalue weighted by Gasteiger charge is 2.08. The van der Waals surface area contributed by atoms with Gasteiger partial charge in [-0.1, -0.05) is 29.8 Å². The number of benzene rings is 1. The number of carbonyl (C=O) groups is 2. The van der Waals surface area contributed by atoms with E-state index in [2.05, 4.69) is 10.6 Å². The zero-order chi connectivity index (χ0) is 15.0. The van der Waals surface area contributed by atoms with E-state index in [1.165, 1.54) is 0 Å². The van der Waals surface area contributed by atoms with E-state index in [9.17, 15) is 9.59 Å². The zero-order valence-electron chi connectivity index (χ0n) is 12.4. The Bertz CT molecular complexity index is 458. The molecule has 0 atom stereocenters. The Kier molecular flexibility index (Phi) is 6.73. The second-order valence-electron chi connectivity index (χ2n) is 5.10. The van der Waals surface area contributed by atoms with Gasteiger partial charge >= 0.3 is 0 Å². The van der Waals surface area contributed by atoms with Crippen LogP contribution in [0.5, 0.6) is 0 Å². The number of amides is 2. The van der Waals surface area contributed by atoms with Gasteiger partial charge in [0, 0.05) is 19.6 Å². The lowest BCUT2D eigenvalue weighted by Crippen LogP contribution is -2.35. The molecule has 5 heteroatoms. The molecule has 0 unspecified atom stereocenters. The Morgan fingerprint density at radius 1 is 1.15 bits per heavy atom. The van der Waals surface area contributed by atoms with Crippen LogP contribution >= 0.6 is 0 Å². The first-order valence-electron chi connectivity index (χ1n) is 6.71. The minimum atomic E-state index is -0.256. The summed E-state index contributed by atoms with van der Waals surface area (Å²) < 4.78 is 0. The van der Waals surface area contributed by atoms with Gasteiger partial charge in [-0.15, -0.1) is 0 Å². The van der Waals surface area contributed by atoms with E-state index in [0.717, 1.165) is 17.7 Å². The van der Waals surface area contributed by atoms with E-state index in [1.807, 2.05) is 50.2 Å². The molecule has 0 aliphatic carbocycles. The van der Waals surface area contributed by atoms with E-state index in [0.29, 0.717) is 13.1 Å². The number of aryl methyl sites for hydroxylation is 1. The van der Waals surface area contributed by atoms with Crippen molar-refractivity contribution in [1.82, 2.24) is 15.5 Å². The summed E-state index contributed by atoms with van der Waals surface area (Å²) in [6.45, 7) is 3.77. The highest BCUT2D eigenvalue weighted by molar-refractivity contribution is 5.96. The molecule has 0 bridgehead atoms. The quantitative estimate of drug-likeness (QED) is 0.721. The Morgan fingerprint density at radius 3 is 2.50 bits per heavy atom. The third-order valence-electron chi connectivity index (χ3n) is 2.77. The third-order valence-corrected chi connectivity index (χ3v) is 2.77. The molecule has 0 aliphatic rings. The molecular weight excluding hydrogens is 254 g/mol. The number of rotatable bonds is 7. The van der Waals surface area contributed by atoms with Gasteiger partial charge in [-0.25, -0.2) is 0 Å². The van der Waals surface area contributed by atoms with Gasteiger partial charge in [-0.3, -0.25) is 9.59 Å². The van der Waals surface area contributed by atoms with Gasteiger partial charge in [0.05, 0.1) is 0 Å². The van der Waals surface area contributed by atoms with Crippen LogP contribution in [0.1, 0.15) is 17.5 Å². The van der Waals surface area contributed by atoms with Crippen LogP contribution in [0.25, 0.3) is 0 Å². The van der Waals surface area contributed by atoms with E-state index < -0.39 is 0 Å². The van der Waals surface area contributed by atoms with Crippen LogP contribution in [0.4, 0.5) is 0 Å². The molecule has 0 fully saturated rings. The lowest BCUT2D eigenvalue weighted by atomic mass is 10.1. The molecule has 1 aromatic rings. The first kappa shape index (κ1) is 16.2. The molecule has 0 heterocycles. The van der Waals surface area contributed by atoms with Gasteiger partial charge in [-0.2, -0.15) is 0 Å². The normalized spacial score (nSPS) is 10.4. The van der Waals surface area contributed by atoms with E-state index >= 15 is 0 Å². The fraction of sp³-hybridized carbons (Fsp3) is 0.467. The predicted octanol–water partition coefficient (Wildman–Crippen LogP) is 0.679. The molecule has 0 saturated carbocycles. The standard InChI is InChI=1S/C15H23N3O2/c1-12-5-4-6-13(9-12)11-17-15(20)10-14(19)16-7-8-18(2)3/h4-6,9H,7-8,10-11H2,1-3H3,(H,16,19)(H,17,20). The Balaban J connectivity index is 2.24. The van der Waals surface area contributed by atoms with Crippen molar-refractivity contribution in [2.24, 2.45) is 0 Å². The lowest BCUT2D eigenvalue weighted by Gasteiger charge is -2.10. The highest BCUT2D eigenvalue weighted by Crippen LogP contribution is 2.03. The van der Waals surface area contributed by atoms with E-state index in [4.69, 9.17) is 0 Å². The molecule has 2 N–H and O–H groups in total. The molecule has 0 spiro atoms. The molecule has 1 aromatic carbocycles. The van der Waals surface area contributed by atoms with Crippen molar-refractivity contribution in [2.75, 3.05) is 27.2 Å². The number of carbonyl (C=O) groups excluding carboxylic acids is 2. The maximum atomic E-state index is 11.6. The number of hydrogen-bond acceptors (Lipinski definition) is 3. The Morgan fingerprint density at radius 2 is 1.85 bits per heavy atom. The fourth-order valence-corrected chi connectivity index (χ4v) is 1.71. The number of nitrogens with zero attached hydrogens (tertiary/aromatic N) is 1. The summed E-state index contributed by atoms with van der Waals surface area (Å²) in [5, 5.41) is 5.46. The summed E-state index contributed by atoms with van der Waals surface area (Å²) >= 11 is 0. The van der Waals surface area contributed by atoms with Crippen LogP contribution in [0, 0.1) is 6.92 Å². The molecule has 0 saturated heterocycles. The average Bonchev–Trinajstić information content (AvgIpc) is 2.36. The van der Waals surface area contributed by atoms with E-state index in [-0.39, 0.29) is 18.2 Å². The molecule has 20 heavy (non-hydrogen) atoms. The average molecular weight is 277 g/mol. The second-order valence-corrected chi connectivity index (χ2v) is 5.10. The lowest BCUT2D eigenvalue weighted by molar-refractivity contribution is -0.129. The number of hydrogen-bond donors (Lipinski definition) is 2. The first-order valence-corrected chi connectivity index (χ1v) is 6.71. The van der Waals surface area contributed by atoms with Crippen LogP contribution in [0.2, 0.25) is 0 Å². The molecule has 0 aromatic heterocycles. The Labute approximate surface area is 120 Å². The summed E-state index contributed by atoms with van der Waals surface area (Å²) in [6, 6.07) is 7.91. The summed E-state index contributed by atoms with van der Waals surface area (Å²) in [6.07, 6.45) is -0.126. The summed E-state index contributed by atoms with van der Waals surface area (Å²) in [5.41, 5.74) is 2.18. The molecule has 1 rings (SSSR count). The minimum absolute atomic E-state index is 0.126. The molecule has 0 aliphatic heterocycles. The van der Waals surface area contributed by atoms with Crippen LogP contribution in [-0.4, -0.2) is 43.9 Å². The molecule has 2 amide bonds. The van der Waals surface area contributed by atoms with Crippen molar-refractivity contribution in [3.05, 3.63) is 35.4 Å². The van der Waals surface area contributed by atoms with Gasteiger partial charge in [0.1, 0.15) is 6.42 Å². The minimum Gasteiger partial charge on any atom is -0.354 e. The second kappa shape index (κ2) is 8.32. The van der Waals surface area contributed by atoms with Crippen LogP contribution in [0.15, 0.2) is 24.3 Å². The largest absolute Gasteiger partial charge is 0.354 e. The van der Waals surface area contributed by atoms with Crippen LogP contribution in [0.3, 0.4) is 0 Å². The van der Waals surface area contributed by atoms with Gasteiger partial charge < -0.3 is 15.5 Å². The summed E-state index contributed by atoms with van der Waals surface area (Å²) in [7, 11) is 3.86. The zero-order valence-corrected chi connectivity index (χ0v) is 12.4. The number of likely N-dealkylation sites (N-methyl/N-ethyl adjacent to an activating group) is 1. The smallest absolute Gasteiger partial charge is 0.229 e. The topological polar surface area (TPSA) is 61.4 Å². The van der Waals surface area contributed by atoms with Crippen LogP contribution in [-0.2, 0) is 16.1 Å². The summed E-state index contributed by atoms with van der Waals surface area (Å²) in [5.74, 6) is -0.498. The maximum Gasteiger partial charge on any atom is 0.229 e. The maximum absolute atomic E-state index is 11.6. The van der Waals surface area contributed by atoms with Gasteiger partial charge in [0.2, 0.25) is 11.8 Å². The van der Waals surface area contributed by atoms with Crippen LogP contribution < -0.4 is 10.6 Å². The van der Waals surface area contributed by atoms with Gasteiger partial charge in [0.15, 0.2) is 0 Å². The monoisotopic (exact) mass is 277 g/mol. The van der Waals surface area contributed by atoms with Crippen molar-refractivity contribution in [3.8, 4) is 0 Å². The van der Waals surface area contributed by atoms with Crippen molar-refractivity contribution < 1.29 is 9.59 Å². The predicted molar refractivity (Wildman–Crippen MR) is 79.2 cm³/mol. The molecule has 0 radical (unpaired) electrons. The fourth-order valence-electron chi connectivity index (χ4n) is 1.71. The summed E-state index contributed by atoms with van der Waals surface area (Å²) in [4.78, 5) is 25.1. The third kappa shape index (κ3) is 6.89. The van der Waals surface area contributed by atoms with Gasteiger partial charge in [0.25, 0.3) is 0 Å². The molecular formula is C15H23N3O2. The SMILES string of the molecule is Cc1cccc(CNC(=O)CC(=O)NCCN(C)C)c1. The van der Waals surface area contributed by atoms with Crippen molar-refractivity contribution in [2.45, 2.75) is 19.9 Å². The Hall–Kier alpha value is -1.88. The molecule has 5 nitrogen and oxygen atoms in total. The molecule has 110 valence electrons.